The Kier molecular flexibility index (Phi) is 25.8. The molecule has 0 aliphatic carbocycles. The molecular formula is C36H63N11O16. The molecule has 27 heteroatoms. The lowest BCUT2D eigenvalue weighted by molar-refractivity contribution is -0.138. The number of hydrogen-bond donors (Lipinski definition) is 16. The molecule has 0 heterocycles. The molecule has 10 amide bonds. The lowest BCUT2D eigenvalue weighted by Crippen LogP contribution is -2.61. The monoisotopic (exact) mass is 905 g/mol. The Labute approximate surface area is 362 Å². The van der Waals surface area contributed by atoms with Crippen molar-refractivity contribution in [3.63, 3.8) is 0 Å². The Morgan fingerprint density at radius 3 is 1.25 bits per heavy atom. The van der Waals surface area contributed by atoms with Gasteiger partial charge < -0.3 is 84.4 Å². The van der Waals surface area contributed by atoms with Crippen molar-refractivity contribution in [1.82, 2.24) is 53.2 Å². The van der Waals surface area contributed by atoms with Gasteiger partial charge in [0.2, 0.25) is 59.1 Å². The summed E-state index contributed by atoms with van der Waals surface area (Å²) in [7, 11) is 0. The second kappa shape index (κ2) is 28.5. The highest BCUT2D eigenvalue weighted by atomic mass is 16.4. The lowest BCUT2D eigenvalue weighted by atomic mass is 10.0. The molecule has 0 rings (SSSR count). The third-order valence-electron chi connectivity index (χ3n) is 8.68. The number of aliphatic hydroxyl groups is 4. The van der Waals surface area contributed by atoms with Gasteiger partial charge in [-0.3, -0.25) is 52.7 Å². The molecule has 0 aromatic heterocycles. The van der Waals surface area contributed by atoms with Gasteiger partial charge in [0.25, 0.3) is 0 Å². The highest BCUT2D eigenvalue weighted by Crippen LogP contribution is 2.07. The van der Waals surface area contributed by atoms with E-state index >= 15 is 0 Å². The van der Waals surface area contributed by atoms with Crippen molar-refractivity contribution < 1.29 is 78.3 Å². The summed E-state index contributed by atoms with van der Waals surface area (Å²) in [6.07, 6.45) is -0.0573. The summed E-state index contributed by atoms with van der Waals surface area (Å²) in [6.45, 7) is 5.12. The zero-order chi connectivity index (χ0) is 48.7. The molecule has 27 nitrogen and oxygen atoms in total. The molecule has 0 aromatic carbocycles. The van der Waals surface area contributed by atoms with Gasteiger partial charge in [-0.1, -0.05) is 27.7 Å². The maximum absolute atomic E-state index is 13.2. The van der Waals surface area contributed by atoms with E-state index in [2.05, 4.69) is 47.9 Å². The number of amides is 10. The van der Waals surface area contributed by atoms with E-state index in [1.807, 2.05) is 5.32 Å². The first-order valence-corrected chi connectivity index (χ1v) is 19.7. The van der Waals surface area contributed by atoms with E-state index in [9.17, 15) is 68.1 Å². The fourth-order valence-electron chi connectivity index (χ4n) is 5.01. The molecule has 358 valence electrons. The number of carboxylic acids is 1. The second-order valence-electron chi connectivity index (χ2n) is 15.0. The van der Waals surface area contributed by atoms with Crippen LogP contribution in [0.25, 0.3) is 0 Å². The number of rotatable bonds is 28. The van der Waals surface area contributed by atoms with E-state index in [0.29, 0.717) is 0 Å². The van der Waals surface area contributed by atoms with Crippen LogP contribution in [0.4, 0.5) is 0 Å². The maximum Gasteiger partial charge on any atom is 0.322 e. The van der Waals surface area contributed by atoms with Crippen molar-refractivity contribution in [3.8, 4) is 0 Å². The van der Waals surface area contributed by atoms with Crippen LogP contribution in [0.5, 0.6) is 0 Å². The number of carbonyl (C=O) groups excluding carboxylic acids is 10. The summed E-state index contributed by atoms with van der Waals surface area (Å²) in [5.41, 5.74) is 5.41. The van der Waals surface area contributed by atoms with Gasteiger partial charge in [0.05, 0.1) is 33.0 Å². The minimum Gasteiger partial charge on any atom is -0.480 e. The number of carbonyl (C=O) groups is 11. The van der Waals surface area contributed by atoms with Crippen molar-refractivity contribution in [2.45, 2.75) is 109 Å². The van der Waals surface area contributed by atoms with Gasteiger partial charge in [0.1, 0.15) is 60.9 Å². The molecule has 0 unspecified atom stereocenters. The Morgan fingerprint density at radius 2 is 0.810 bits per heavy atom. The Morgan fingerprint density at radius 1 is 0.429 bits per heavy atom. The number of aliphatic carboxylic acids is 1. The zero-order valence-electron chi connectivity index (χ0n) is 36.1. The average Bonchev–Trinajstić information content (AvgIpc) is 3.22. The molecule has 0 spiro atoms. The summed E-state index contributed by atoms with van der Waals surface area (Å²) in [6, 6.07) is -12.7. The third kappa shape index (κ3) is 21.1. The van der Waals surface area contributed by atoms with Crippen molar-refractivity contribution >= 4 is 65.0 Å². The van der Waals surface area contributed by atoms with Crippen LogP contribution in [0, 0.1) is 11.8 Å². The number of aliphatic hydroxyl groups excluding tert-OH is 4. The molecule has 0 saturated heterocycles. The summed E-state index contributed by atoms with van der Waals surface area (Å²) >= 11 is 0. The van der Waals surface area contributed by atoms with E-state index in [4.69, 9.17) is 15.9 Å². The van der Waals surface area contributed by atoms with Gasteiger partial charge in [-0.2, -0.15) is 0 Å². The molecule has 0 aliphatic heterocycles. The van der Waals surface area contributed by atoms with Crippen LogP contribution in [0.1, 0.15) is 54.9 Å². The fraction of sp³-hybridized carbons (Fsp3) is 0.694. The van der Waals surface area contributed by atoms with Crippen LogP contribution in [0.15, 0.2) is 0 Å². The standard InChI is InChI=1S/C36H63N11O16/c1-15(2)8-21(32(59)45-23(13-50)33(60)42-17(5)28(55)39-10-26(53)54)44-35(62)24(14-51)46-34(61)22(12-49)43-25(52)9-38-36(63)27(16(3)4)47-30(57)19(7)40-29(56)18(6)41-31(58)20(37)11-48/h15-24,27,48-51H,8-14,37H2,1-7H3,(H,38,63)(H,39,55)(H,40,56)(H,41,58)(H,42,60)(H,43,52)(H,44,62)(H,45,59)(H,46,61)(H,47,57)(H,53,54)/t17-,18-,19-,20-,21-,22-,23-,24-,27-/m0/s1. The van der Waals surface area contributed by atoms with Crippen LogP contribution in [-0.2, 0) is 52.7 Å². The molecule has 0 radical (unpaired) electrons. The number of carboxylic acid groups (broad SMARTS) is 1. The SMILES string of the molecule is CC(C)C[C@H](NC(=O)[C@H](CO)NC(=O)[C@H](CO)NC(=O)CNC(=O)[C@@H](NC(=O)[C@H](C)NC(=O)[C@H](C)NC(=O)[C@@H](N)CO)C(C)C)C(=O)N[C@@H](CO)C(=O)N[C@@H](C)C(=O)NCC(=O)O. The Balaban J connectivity index is 5.49. The molecule has 17 N–H and O–H groups in total. The van der Waals surface area contributed by atoms with E-state index in [-0.39, 0.29) is 12.3 Å². The van der Waals surface area contributed by atoms with E-state index < -0.39 is 165 Å². The highest BCUT2D eigenvalue weighted by Gasteiger charge is 2.33. The van der Waals surface area contributed by atoms with Crippen LogP contribution < -0.4 is 58.9 Å². The topological polar surface area (TPSA) is 435 Å². The van der Waals surface area contributed by atoms with Crippen LogP contribution in [-0.4, -0.2) is 184 Å². The minimum absolute atomic E-state index is 0.0573. The zero-order valence-corrected chi connectivity index (χ0v) is 36.1. The van der Waals surface area contributed by atoms with Gasteiger partial charge in [-0.05, 0) is 39.0 Å². The van der Waals surface area contributed by atoms with Crippen molar-refractivity contribution in [2.24, 2.45) is 17.6 Å². The van der Waals surface area contributed by atoms with Gasteiger partial charge in [0.15, 0.2) is 0 Å². The third-order valence-corrected chi connectivity index (χ3v) is 8.68. The quantitative estimate of drug-likeness (QED) is 0.0347. The van der Waals surface area contributed by atoms with E-state index in [1.54, 1.807) is 27.7 Å². The molecule has 0 saturated carbocycles. The van der Waals surface area contributed by atoms with Crippen molar-refractivity contribution in [3.05, 3.63) is 0 Å². The Hall–Kier alpha value is -6.03. The van der Waals surface area contributed by atoms with E-state index in [0.717, 1.165) is 0 Å². The predicted octanol–water partition coefficient (Wildman–Crippen LogP) is -8.76. The van der Waals surface area contributed by atoms with Crippen LogP contribution >= 0.6 is 0 Å². The highest BCUT2D eigenvalue weighted by molar-refractivity contribution is 5.98. The summed E-state index contributed by atoms with van der Waals surface area (Å²) in [4.78, 5) is 138. The van der Waals surface area contributed by atoms with Gasteiger partial charge >= 0.3 is 5.97 Å². The summed E-state index contributed by atoms with van der Waals surface area (Å²) < 4.78 is 0. The minimum atomic E-state index is -1.76. The Bertz CT molecular complexity index is 1630. The largest absolute Gasteiger partial charge is 0.480 e. The molecule has 0 aromatic rings. The van der Waals surface area contributed by atoms with Crippen LogP contribution in [0.2, 0.25) is 0 Å². The average molecular weight is 906 g/mol. The molecule has 0 bridgehead atoms. The lowest BCUT2D eigenvalue weighted by Gasteiger charge is -2.26. The smallest absolute Gasteiger partial charge is 0.322 e. The summed E-state index contributed by atoms with van der Waals surface area (Å²) in [5, 5.41) is 69.7. The van der Waals surface area contributed by atoms with Crippen molar-refractivity contribution in [2.75, 3.05) is 39.5 Å². The maximum atomic E-state index is 13.2. The first-order valence-electron chi connectivity index (χ1n) is 19.7. The summed E-state index contributed by atoms with van der Waals surface area (Å²) in [5.74, 6) is -11.6. The first kappa shape index (κ1) is 57.0. The molecule has 9 atom stereocenters. The second-order valence-corrected chi connectivity index (χ2v) is 15.0. The molecule has 63 heavy (non-hydrogen) atoms. The van der Waals surface area contributed by atoms with Gasteiger partial charge in [0, 0.05) is 0 Å². The van der Waals surface area contributed by atoms with Gasteiger partial charge in [-0.25, -0.2) is 0 Å². The number of nitrogens with one attached hydrogen (secondary N) is 10. The predicted molar refractivity (Wildman–Crippen MR) is 217 cm³/mol. The molecule has 0 aliphatic rings. The number of hydrogen-bond acceptors (Lipinski definition) is 16. The number of nitrogens with two attached hydrogens (primary N) is 1. The molecule has 0 fully saturated rings. The fourth-order valence-corrected chi connectivity index (χ4v) is 5.01. The van der Waals surface area contributed by atoms with Crippen LogP contribution in [0.3, 0.4) is 0 Å². The van der Waals surface area contributed by atoms with Crippen molar-refractivity contribution in [1.29, 1.82) is 0 Å². The first-order chi connectivity index (χ1) is 29.3. The van der Waals surface area contributed by atoms with E-state index in [1.165, 1.54) is 20.8 Å². The normalized spacial score (nSPS) is 15.3. The molecular weight excluding hydrogens is 842 g/mol. The van der Waals surface area contributed by atoms with Gasteiger partial charge in [-0.15, -0.1) is 0 Å².